The monoisotopic (exact) mass is 309 g/mol. The van der Waals surface area contributed by atoms with E-state index in [1.807, 2.05) is 30.3 Å². The van der Waals surface area contributed by atoms with Crippen LogP contribution in [0.25, 0.3) is 0 Å². The smallest absolute Gasteiger partial charge is 0.258 e. The van der Waals surface area contributed by atoms with Gasteiger partial charge in [0.25, 0.3) is 5.91 Å². The van der Waals surface area contributed by atoms with Crippen molar-refractivity contribution < 1.29 is 9.18 Å². The van der Waals surface area contributed by atoms with Crippen LogP contribution in [0.1, 0.15) is 28.8 Å². The molecule has 2 aromatic carbocycles. The van der Waals surface area contributed by atoms with Crippen LogP contribution in [0.2, 0.25) is 0 Å². The Kier molecular flexibility index (Phi) is 4.24. The molecule has 0 atom stereocenters. The molecule has 0 aliphatic carbocycles. The topological polar surface area (TPSA) is 56.1 Å². The molecule has 1 heterocycles. The van der Waals surface area contributed by atoms with Crippen molar-refractivity contribution in [2.75, 3.05) is 23.3 Å². The Morgan fingerprint density at radius 2 is 1.83 bits per heavy atom. The number of nitrogens with zero attached hydrogens (tertiary/aromatic N) is 2. The number of hydrogen-bond donors (Lipinski definition) is 1. The number of hydrogen-bond acceptors (Lipinski definition) is 3. The van der Waals surface area contributed by atoms with Crippen LogP contribution in [-0.2, 0) is 0 Å². The minimum atomic E-state index is -0.699. The summed E-state index contributed by atoms with van der Waals surface area (Å²) in [5, 5.41) is 11.4. The third kappa shape index (κ3) is 3.32. The molecular weight excluding hydrogens is 293 g/mol. The number of carbonyl (C=O) groups is 1. The quantitative estimate of drug-likeness (QED) is 0.943. The van der Waals surface area contributed by atoms with Gasteiger partial charge in [0.15, 0.2) is 0 Å². The Bertz CT molecular complexity index is 759. The Hall–Kier alpha value is -2.87. The highest BCUT2D eigenvalue weighted by Crippen LogP contribution is 2.22. The second-order valence-corrected chi connectivity index (χ2v) is 5.50. The minimum absolute atomic E-state index is 0.0763. The van der Waals surface area contributed by atoms with E-state index in [4.69, 9.17) is 5.26 Å². The second-order valence-electron chi connectivity index (χ2n) is 5.50. The van der Waals surface area contributed by atoms with Crippen LogP contribution >= 0.6 is 0 Å². The van der Waals surface area contributed by atoms with Crippen LogP contribution in [0.3, 0.4) is 0 Å². The van der Waals surface area contributed by atoms with E-state index in [-0.39, 0.29) is 11.1 Å². The minimum Gasteiger partial charge on any atom is -0.372 e. The van der Waals surface area contributed by atoms with Crippen LogP contribution in [-0.4, -0.2) is 19.0 Å². The van der Waals surface area contributed by atoms with E-state index in [1.165, 1.54) is 25.0 Å². The summed E-state index contributed by atoms with van der Waals surface area (Å²) < 4.78 is 13.8. The van der Waals surface area contributed by atoms with Crippen molar-refractivity contribution in [2.45, 2.75) is 12.8 Å². The third-order valence-electron chi connectivity index (χ3n) is 3.94. The van der Waals surface area contributed by atoms with E-state index in [9.17, 15) is 9.18 Å². The summed E-state index contributed by atoms with van der Waals surface area (Å²) in [6, 6.07) is 13.2. The van der Waals surface area contributed by atoms with Gasteiger partial charge in [-0.05, 0) is 55.3 Å². The first kappa shape index (κ1) is 15.0. The summed E-state index contributed by atoms with van der Waals surface area (Å²) in [6.45, 7) is 2.12. The van der Waals surface area contributed by atoms with Crippen molar-refractivity contribution in [1.29, 1.82) is 5.26 Å². The summed E-state index contributed by atoms with van der Waals surface area (Å²) in [5.74, 6) is -1.23. The molecule has 1 N–H and O–H groups in total. The molecule has 5 heteroatoms. The fraction of sp³-hybridized carbons (Fsp3) is 0.222. The van der Waals surface area contributed by atoms with Gasteiger partial charge in [-0.3, -0.25) is 4.79 Å². The normalized spacial score (nSPS) is 13.7. The number of amides is 1. The molecule has 0 unspecified atom stereocenters. The maximum Gasteiger partial charge on any atom is 0.258 e. The Morgan fingerprint density at radius 1 is 1.13 bits per heavy atom. The molecule has 1 saturated heterocycles. The van der Waals surface area contributed by atoms with E-state index >= 15 is 0 Å². The van der Waals surface area contributed by atoms with Gasteiger partial charge in [0.05, 0.1) is 17.2 Å². The number of nitrogens with one attached hydrogen (secondary N) is 1. The SMILES string of the molecule is N#Cc1ccc(C(=O)Nc2ccc(N3CCCC3)cc2)c(F)c1. The van der Waals surface area contributed by atoms with Crippen molar-refractivity contribution in [1.82, 2.24) is 0 Å². The van der Waals surface area contributed by atoms with E-state index in [0.717, 1.165) is 24.8 Å². The molecule has 23 heavy (non-hydrogen) atoms. The first-order valence-electron chi connectivity index (χ1n) is 7.53. The summed E-state index contributed by atoms with van der Waals surface area (Å²) in [6.07, 6.45) is 2.41. The van der Waals surface area contributed by atoms with Gasteiger partial charge in [-0.1, -0.05) is 0 Å². The van der Waals surface area contributed by atoms with Gasteiger partial charge in [-0.25, -0.2) is 4.39 Å². The van der Waals surface area contributed by atoms with Gasteiger partial charge in [-0.2, -0.15) is 5.26 Å². The molecule has 0 bridgehead atoms. The highest BCUT2D eigenvalue weighted by Gasteiger charge is 2.14. The maximum atomic E-state index is 13.8. The number of carbonyl (C=O) groups excluding carboxylic acids is 1. The summed E-state index contributed by atoms with van der Waals surface area (Å²) in [5.41, 5.74) is 1.85. The molecule has 2 aromatic rings. The molecule has 0 saturated carbocycles. The predicted molar refractivity (Wildman–Crippen MR) is 87.0 cm³/mol. The molecule has 0 spiro atoms. The molecule has 116 valence electrons. The predicted octanol–water partition coefficient (Wildman–Crippen LogP) is 3.55. The van der Waals surface area contributed by atoms with E-state index in [2.05, 4.69) is 10.2 Å². The number of anilines is 2. The lowest BCUT2D eigenvalue weighted by molar-refractivity contribution is 0.102. The molecule has 1 fully saturated rings. The molecule has 3 rings (SSSR count). The average molecular weight is 309 g/mol. The lowest BCUT2D eigenvalue weighted by Gasteiger charge is -2.17. The molecule has 1 aliphatic heterocycles. The van der Waals surface area contributed by atoms with Crippen LogP contribution in [0.5, 0.6) is 0 Å². The Labute approximate surface area is 134 Å². The van der Waals surface area contributed by atoms with E-state index in [1.54, 1.807) is 0 Å². The van der Waals surface area contributed by atoms with Gasteiger partial charge in [0.2, 0.25) is 0 Å². The summed E-state index contributed by atoms with van der Waals surface area (Å²) in [7, 11) is 0. The van der Waals surface area contributed by atoms with E-state index < -0.39 is 11.7 Å². The summed E-state index contributed by atoms with van der Waals surface area (Å²) in [4.78, 5) is 14.4. The maximum absolute atomic E-state index is 13.8. The van der Waals surface area contributed by atoms with Gasteiger partial charge in [-0.15, -0.1) is 0 Å². The summed E-state index contributed by atoms with van der Waals surface area (Å²) >= 11 is 0. The largest absolute Gasteiger partial charge is 0.372 e. The fourth-order valence-electron chi connectivity index (χ4n) is 2.70. The molecule has 1 aliphatic rings. The second kappa shape index (κ2) is 6.49. The zero-order chi connectivity index (χ0) is 16.2. The van der Waals surface area contributed by atoms with Crippen LogP contribution < -0.4 is 10.2 Å². The van der Waals surface area contributed by atoms with Crippen molar-refractivity contribution in [3.05, 3.63) is 59.4 Å². The molecule has 0 aromatic heterocycles. The van der Waals surface area contributed by atoms with Gasteiger partial charge < -0.3 is 10.2 Å². The molecular formula is C18H16FN3O. The lowest BCUT2D eigenvalue weighted by atomic mass is 10.1. The van der Waals surface area contributed by atoms with Crippen LogP contribution in [0.4, 0.5) is 15.8 Å². The Morgan fingerprint density at radius 3 is 2.43 bits per heavy atom. The average Bonchev–Trinajstić information content (AvgIpc) is 3.09. The van der Waals surface area contributed by atoms with E-state index in [0.29, 0.717) is 5.69 Å². The number of benzene rings is 2. The molecule has 1 amide bonds. The first-order valence-corrected chi connectivity index (χ1v) is 7.53. The highest BCUT2D eigenvalue weighted by molar-refractivity contribution is 6.04. The van der Waals surface area contributed by atoms with Crippen LogP contribution in [0, 0.1) is 17.1 Å². The van der Waals surface area contributed by atoms with Crippen LogP contribution in [0.15, 0.2) is 42.5 Å². The van der Waals surface area contributed by atoms with Crippen molar-refractivity contribution in [3.8, 4) is 6.07 Å². The number of rotatable bonds is 3. The standard InChI is InChI=1S/C18H16FN3O/c19-17-11-13(12-20)3-8-16(17)18(23)21-14-4-6-15(7-5-14)22-9-1-2-10-22/h3-8,11H,1-2,9-10H2,(H,21,23). The van der Waals surface area contributed by atoms with Gasteiger partial charge in [0, 0.05) is 24.5 Å². The fourth-order valence-corrected chi connectivity index (χ4v) is 2.70. The highest BCUT2D eigenvalue weighted by atomic mass is 19.1. The van der Waals surface area contributed by atoms with Gasteiger partial charge in [0.1, 0.15) is 5.82 Å². The zero-order valence-electron chi connectivity index (χ0n) is 12.6. The van der Waals surface area contributed by atoms with Gasteiger partial charge >= 0.3 is 0 Å². The molecule has 0 radical (unpaired) electrons. The zero-order valence-corrected chi connectivity index (χ0v) is 12.6. The van der Waals surface area contributed by atoms with Crippen molar-refractivity contribution in [3.63, 3.8) is 0 Å². The third-order valence-corrected chi connectivity index (χ3v) is 3.94. The van der Waals surface area contributed by atoms with Crippen molar-refractivity contribution >= 4 is 17.3 Å². The lowest BCUT2D eigenvalue weighted by Crippen LogP contribution is -2.17. The Balaban J connectivity index is 1.71. The van der Waals surface area contributed by atoms with Crippen molar-refractivity contribution in [2.24, 2.45) is 0 Å². The number of halogens is 1. The first-order chi connectivity index (χ1) is 11.2. The number of nitriles is 1. The molecule has 4 nitrogen and oxygen atoms in total.